The summed E-state index contributed by atoms with van der Waals surface area (Å²) in [5, 5.41) is 0. The zero-order chi connectivity index (χ0) is 11.7. The highest BCUT2D eigenvalue weighted by Gasteiger charge is 2.17. The Morgan fingerprint density at radius 3 is 2.44 bits per heavy atom. The van der Waals surface area contributed by atoms with Crippen molar-refractivity contribution in [2.24, 2.45) is 0 Å². The molecular formula is C10H8O5S. The predicted octanol–water partition coefficient (Wildman–Crippen LogP) is 2.07. The van der Waals surface area contributed by atoms with Crippen LogP contribution in [-0.2, 0) is 9.47 Å². The number of ether oxygens (including phenoxy) is 2. The smallest absolute Gasteiger partial charge is 0.374 e. The molecule has 0 aliphatic heterocycles. The molecule has 0 aliphatic carbocycles. The van der Waals surface area contributed by atoms with Crippen LogP contribution in [0.4, 0.5) is 0 Å². The molecule has 2 aromatic heterocycles. The van der Waals surface area contributed by atoms with Crippen LogP contribution in [0.25, 0.3) is 10.3 Å². The van der Waals surface area contributed by atoms with Crippen LogP contribution < -0.4 is 0 Å². The van der Waals surface area contributed by atoms with Crippen molar-refractivity contribution in [2.75, 3.05) is 14.2 Å². The van der Waals surface area contributed by atoms with E-state index in [9.17, 15) is 9.59 Å². The molecule has 0 saturated heterocycles. The third-order valence-corrected chi connectivity index (χ3v) is 3.02. The molecule has 84 valence electrons. The summed E-state index contributed by atoms with van der Waals surface area (Å²) >= 11 is 1.20. The summed E-state index contributed by atoms with van der Waals surface area (Å²) in [5.41, 5.74) is 0.478. The Kier molecular flexibility index (Phi) is 2.66. The lowest BCUT2D eigenvalue weighted by molar-refractivity contribution is 0.0566. The molecule has 16 heavy (non-hydrogen) atoms. The van der Waals surface area contributed by atoms with Gasteiger partial charge in [-0.2, -0.15) is 0 Å². The second-order valence-electron chi connectivity index (χ2n) is 2.93. The first-order valence-corrected chi connectivity index (χ1v) is 5.17. The number of thiophene rings is 1. The van der Waals surface area contributed by atoms with Crippen LogP contribution >= 0.6 is 11.3 Å². The highest BCUT2D eigenvalue weighted by Crippen LogP contribution is 2.29. The average Bonchev–Trinajstić information content (AvgIpc) is 2.84. The van der Waals surface area contributed by atoms with Crippen LogP contribution in [0.2, 0.25) is 0 Å². The Labute approximate surface area is 94.6 Å². The minimum atomic E-state index is -0.539. The molecule has 0 aliphatic rings. The van der Waals surface area contributed by atoms with Crippen molar-refractivity contribution in [1.29, 1.82) is 0 Å². The van der Waals surface area contributed by atoms with Crippen molar-refractivity contribution >= 4 is 33.6 Å². The lowest BCUT2D eigenvalue weighted by Gasteiger charge is -1.92. The van der Waals surface area contributed by atoms with Gasteiger partial charge < -0.3 is 13.9 Å². The van der Waals surface area contributed by atoms with Gasteiger partial charge in [0.15, 0.2) is 0 Å². The van der Waals surface area contributed by atoms with Gasteiger partial charge in [0, 0.05) is 12.1 Å². The molecule has 6 heteroatoms. The number of methoxy groups -OCH3 is 2. The lowest BCUT2D eigenvalue weighted by Crippen LogP contribution is -1.98. The van der Waals surface area contributed by atoms with Gasteiger partial charge in [-0.3, -0.25) is 0 Å². The van der Waals surface area contributed by atoms with Crippen LogP contribution in [0.3, 0.4) is 0 Å². The molecule has 0 fully saturated rings. The Bertz CT molecular complexity index is 474. The second kappa shape index (κ2) is 3.97. The van der Waals surface area contributed by atoms with E-state index >= 15 is 0 Å². The number of carbonyl (C=O) groups is 2. The summed E-state index contributed by atoms with van der Waals surface area (Å²) in [4.78, 5) is 22.8. The third-order valence-electron chi connectivity index (χ3n) is 1.98. The van der Waals surface area contributed by atoms with Crippen LogP contribution in [0.1, 0.15) is 20.2 Å². The maximum atomic E-state index is 11.2. The van der Waals surface area contributed by atoms with Gasteiger partial charge >= 0.3 is 11.9 Å². The number of furan rings is 1. The van der Waals surface area contributed by atoms with E-state index in [2.05, 4.69) is 9.47 Å². The molecule has 0 bridgehead atoms. The summed E-state index contributed by atoms with van der Waals surface area (Å²) in [6.45, 7) is 0. The topological polar surface area (TPSA) is 65.7 Å². The number of hydrogen-bond acceptors (Lipinski definition) is 6. The molecule has 0 radical (unpaired) electrons. The molecule has 0 amide bonds. The first-order chi connectivity index (χ1) is 7.65. The molecule has 0 unspecified atom stereocenters. The largest absolute Gasteiger partial charge is 0.465 e. The number of carbonyl (C=O) groups excluding carboxylic acids is 2. The van der Waals surface area contributed by atoms with Crippen molar-refractivity contribution in [1.82, 2.24) is 0 Å². The van der Waals surface area contributed by atoms with E-state index in [1.807, 2.05) is 0 Å². The summed E-state index contributed by atoms with van der Waals surface area (Å²) in [6.07, 6.45) is 0. The summed E-state index contributed by atoms with van der Waals surface area (Å²) < 4.78 is 15.0. The number of esters is 2. The van der Waals surface area contributed by atoms with Gasteiger partial charge in [-0.1, -0.05) is 0 Å². The molecule has 0 aromatic carbocycles. The van der Waals surface area contributed by atoms with Gasteiger partial charge in [-0.05, 0) is 0 Å². The molecule has 0 atom stereocenters. The SMILES string of the molecule is COC(=O)c1cc2sc(C(=O)OC)cc2o1. The zero-order valence-electron chi connectivity index (χ0n) is 8.60. The normalized spacial score (nSPS) is 10.4. The molecule has 0 N–H and O–H groups in total. The third kappa shape index (κ3) is 1.67. The summed E-state index contributed by atoms with van der Waals surface area (Å²) in [7, 11) is 2.59. The second-order valence-corrected chi connectivity index (χ2v) is 4.02. The molecule has 0 saturated carbocycles. The highest BCUT2D eigenvalue weighted by atomic mass is 32.1. The fourth-order valence-corrected chi connectivity index (χ4v) is 2.17. The fourth-order valence-electron chi connectivity index (χ4n) is 1.24. The molecule has 2 rings (SSSR count). The van der Waals surface area contributed by atoms with Gasteiger partial charge in [-0.15, -0.1) is 11.3 Å². The maximum absolute atomic E-state index is 11.2. The molecule has 5 nitrogen and oxygen atoms in total. The molecule has 2 aromatic rings. The number of hydrogen-bond donors (Lipinski definition) is 0. The van der Waals surface area contributed by atoms with E-state index in [-0.39, 0.29) is 5.76 Å². The van der Waals surface area contributed by atoms with Gasteiger partial charge in [0.1, 0.15) is 10.5 Å². The van der Waals surface area contributed by atoms with Crippen molar-refractivity contribution < 1.29 is 23.5 Å². The minimum absolute atomic E-state index is 0.125. The van der Waals surface area contributed by atoms with Gasteiger partial charge in [0.25, 0.3) is 0 Å². The van der Waals surface area contributed by atoms with E-state index in [0.29, 0.717) is 15.2 Å². The Balaban J connectivity index is 2.40. The van der Waals surface area contributed by atoms with E-state index in [1.54, 1.807) is 0 Å². The predicted molar refractivity (Wildman–Crippen MR) is 56.8 cm³/mol. The summed E-state index contributed by atoms with van der Waals surface area (Å²) in [6, 6.07) is 3.08. The molecular weight excluding hydrogens is 232 g/mol. The summed E-state index contributed by atoms with van der Waals surface area (Å²) in [5.74, 6) is -0.834. The Hall–Kier alpha value is -1.82. The zero-order valence-corrected chi connectivity index (χ0v) is 9.42. The van der Waals surface area contributed by atoms with E-state index in [0.717, 1.165) is 0 Å². The van der Waals surface area contributed by atoms with Crippen molar-refractivity contribution in [3.63, 3.8) is 0 Å². The molecule has 0 spiro atoms. The van der Waals surface area contributed by atoms with Crippen LogP contribution in [0, 0.1) is 0 Å². The molecule has 2 heterocycles. The first-order valence-electron chi connectivity index (χ1n) is 4.35. The first kappa shape index (κ1) is 10.7. The quantitative estimate of drug-likeness (QED) is 0.752. The Morgan fingerprint density at radius 2 is 1.88 bits per heavy atom. The Morgan fingerprint density at radius 1 is 1.19 bits per heavy atom. The van der Waals surface area contributed by atoms with Crippen molar-refractivity contribution in [2.45, 2.75) is 0 Å². The number of fused-ring (bicyclic) bond motifs is 1. The van der Waals surface area contributed by atoms with Crippen LogP contribution in [-0.4, -0.2) is 26.2 Å². The van der Waals surface area contributed by atoms with E-state index in [4.69, 9.17) is 4.42 Å². The number of rotatable bonds is 2. The van der Waals surface area contributed by atoms with Gasteiger partial charge in [-0.25, -0.2) is 9.59 Å². The lowest BCUT2D eigenvalue weighted by atomic mass is 10.4. The maximum Gasteiger partial charge on any atom is 0.374 e. The monoisotopic (exact) mass is 240 g/mol. The average molecular weight is 240 g/mol. The van der Waals surface area contributed by atoms with Gasteiger partial charge in [0.2, 0.25) is 5.76 Å². The van der Waals surface area contributed by atoms with E-state index in [1.165, 1.54) is 37.7 Å². The van der Waals surface area contributed by atoms with Crippen molar-refractivity contribution in [3.8, 4) is 0 Å². The van der Waals surface area contributed by atoms with Crippen molar-refractivity contribution in [3.05, 3.63) is 22.8 Å². The minimum Gasteiger partial charge on any atom is -0.465 e. The van der Waals surface area contributed by atoms with Gasteiger partial charge in [0.05, 0.1) is 18.9 Å². The fraction of sp³-hybridized carbons (Fsp3) is 0.200. The highest BCUT2D eigenvalue weighted by molar-refractivity contribution is 7.20. The van der Waals surface area contributed by atoms with Crippen LogP contribution in [0.5, 0.6) is 0 Å². The van der Waals surface area contributed by atoms with Crippen LogP contribution in [0.15, 0.2) is 16.5 Å². The standard InChI is InChI=1S/C10H8O5S/c1-13-9(11)6-4-7-5(15-6)3-8(16-7)10(12)14-2/h3-4H,1-2H3. The van der Waals surface area contributed by atoms with E-state index < -0.39 is 11.9 Å².